The third-order valence-corrected chi connectivity index (χ3v) is 8.71. The lowest BCUT2D eigenvalue weighted by Crippen LogP contribution is -2.01. The minimum Gasteiger partial charge on any atom is -0.264 e. The number of fused-ring (bicyclic) bond motifs is 3. The maximum Gasteiger partial charge on any atom is 0.0352 e. The van der Waals surface area contributed by atoms with Crippen LogP contribution in [-0.2, 0) is 0 Å². The number of allylic oxidation sites excluding steroid dienone is 8. The van der Waals surface area contributed by atoms with Crippen molar-refractivity contribution in [2.75, 3.05) is 0 Å². The van der Waals surface area contributed by atoms with Crippen LogP contribution in [0.3, 0.4) is 0 Å². The zero-order valence-electron chi connectivity index (χ0n) is 24.8. The molecule has 7 rings (SSSR count). The molecule has 1 nitrogen and oxygen atoms in total. The maximum atomic E-state index is 4.59. The van der Waals surface area contributed by atoms with Crippen molar-refractivity contribution in [2.24, 2.45) is 0 Å². The van der Waals surface area contributed by atoms with E-state index in [1.54, 1.807) is 0 Å². The van der Waals surface area contributed by atoms with Crippen molar-refractivity contribution in [3.8, 4) is 22.3 Å². The monoisotopic (exact) mass is 553 g/mol. The molecule has 0 saturated carbocycles. The molecule has 0 N–H and O–H groups in total. The van der Waals surface area contributed by atoms with E-state index in [0.717, 1.165) is 18.4 Å². The van der Waals surface area contributed by atoms with Gasteiger partial charge in [0.2, 0.25) is 0 Å². The molecule has 1 aliphatic carbocycles. The van der Waals surface area contributed by atoms with Gasteiger partial charge in [0.25, 0.3) is 0 Å². The predicted octanol–water partition coefficient (Wildman–Crippen LogP) is 11.8. The summed E-state index contributed by atoms with van der Waals surface area (Å²) in [4.78, 5) is 4.59. The molecule has 0 saturated heterocycles. The number of rotatable bonds is 6. The van der Waals surface area contributed by atoms with Crippen LogP contribution >= 0.6 is 0 Å². The first-order chi connectivity index (χ1) is 21.3. The largest absolute Gasteiger partial charge is 0.264 e. The SMILES string of the molecule is C/C=C\C(=C/CC)c1ccncc1-c1ccc(-c2c3ccccc3c(C3C=CC=CC3)c3ccccc23)c2ccccc12. The summed E-state index contributed by atoms with van der Waals surface area (Å²) in [7, 11) is 0. The fourth-order valence-electron chi connectivity index (χ4n) is 6.93. The van der Waals surface area contributed by atoms with Crippen LogP contribution in [0.15, 0.2) is 146 Å². The molecule has 1 heteroatoms. The molecule has 0 fully saturated rings. The van der Waals surface area contributed by atoms with Gasteiger partial charge in [-0.2, -0.15) is 0 Å². The Kier molecular flexibility index (Phi) is 7.31. The zero-order chi connectivity index (χ0) is 29.2. The van der Waals surface area contributed by atoms with Crippen LogP contribution in [0.25, 0.3) is 60.1 Å². The van der Waals surface area contributed by atoms with Crippen LogP contribution in [0.4, 0.5) is 0 Å². The number of nitrogens with zero attached hydrogens (tertiary/aromatic N) is 1. The summed E-state index contributed by atoms with van der Waals surface area (Å²) in [6, 6.07) is 33.6. The van der Waals surface area contributed by atoms with Gasteiger partial charge in [-0.05, 0) is 91.5 Å². The molecule has 0 amide bonds. The van der Waals surface area contributed by atoms with Crippen molar-refractivity contribution in [2.45, 2.75) is 32.6 Å². The van der Waals surface area contributed by atoms with Crippen molar-refractivity contribution in [1.29, 1.82) is 0 Å². The van der Waals surface area contributed by atoms with Gasteiger partial charge in [0.15, 0.2) is 0 Å². The highest BCUT2D eigenvalue weighted by Gasteiger charge is 2.22. The number of benzene rings is 5. The molecule has 208 valence electrons. The Hall–Kier alpha value is -5.01. The van der Waals surface area contributed by atoms with Gasteiger partial charge in [-0.1, -0.05) is 134 Å². The first-order valence-corrected chi connectivity index (χ1v) is 15.4. The van der Waals surface area contributed by atoms with Crippen LogP contribution in [0.1, 0.15) is 43.7 Å². The normalized spacial score (nSPS) is 15.3. The molecule has 0 bridgehead atoms. The van der Waals surface area contributed by atoms with Gasteiger partial charge in [-0.25, -0.2) is 0 Å². The van der Waals surface area contributed by atoms with E-state index in [-0.39, 0.29) is 0 Å². The van der Waals surface area contributed by atoms with Gasteiger partial charge in [-0.3, -0.25) is 4.98 Å². The molecule has 6 aromatic rings. The Bertz CT molecular complexity index is 2050. The fourth-order valence-corrected chi connectivity index (χ4v) is 6.93. The van der Waals surface area contributed by atoms with E-state index in [2.05, 4.69) is 152 Å². The molecule has 0 spiro atoms. The lowest BCUT2D eigenvalue weighted by Gasteiger charge is -2.23. The molecule has 1 aromatic heterocycles. The summed E-state index contributed by atoms with van der Waals surface area (Å²) in [6.07, 6.45) is 21.6. The molecule has 1 unspecified atom stereocenters. The molecule has 0 radical (unpaired) electrons. The fraction of sp³-hybridized carbons (Fsp3) is 0.119. The van der Waals surface area contributed by atoms with Gasteiger partial charge in [0.05, 0.1) is 0 Å². The lowest BCUT2D eigenvalue weighted by atomic mass is 9.80. The number of pyridine rings is 1. The molecule has 5 aromatic carbocycles. The second-order valence-electron chi connectivity index (χ2n) is 11.2. The molecule has 43 heavy (non-hydrogen) atoms. The van der Waals surface area contributed by atoms with E-state index >= 15 is 0 Å². The van der Waals surface area contributed by atoms with Crippen molar-refractivity contribution < 1.29 is 0 Å². The van der Waals surface area contributed by atoms with Crippen LogP contribution in [0.2, 0.25) is 0 Å². The Morgan fingerprint density at radius 3 is 1.98 bits per heavy atom. The third kappa shape index (κ3) is 4.72. The second-order valence-corrected chi connectivity index (χ2v) is 11.2. The smallest absolute Gasteiger partial charge is 0.0352 e. The van der Waals surface area contributed by atoms with Crippen LogP contribution < -0.4 is 0 Å². The molecular formula is C42H35N. The first-order valence-electron chi connectivity index (χ1n) is 15.4. The molecule has 0 aliphatic heterocycles. The Balaban J connectivity index is 1.53. The second kappa shape index (κ2) is 11.7. The zero-order valence-corrected chi connectivity index (χ0v) is 24.8. The Morgan fingerprint density at radius 2 is 1.35 bits per heavy atom. The average molecular weight is 554 g/mol. The number of hydrogen-bond acceptors (Lipinski definition) is 1. The van der Waals surface area contributed by atoms with E-state index < -0.39 is 0 Å². The average Bonchev–Trinajstić information content (AvgIpc) is 3.07. The van der Waals surface area contributed by atoms with E-state index in [0.29, 0.717) is 5.92 Å². The van der Waals surface area contributed by atoms with E-state index in [4.69, 9.17) is 0 Å². The summed E-state index contributed by atoms with van der Waals surface area (Å²) in [5, 5.41) is 7.78. The van der Waals surface area contributed by atoms with Gasteiger partial charge in [0.1, 0.15) is 0 Å². The van der Waals surface area contributed by atoms with E-state index in [1.807, 2.05) is 12.4 Å². The topological polar surface area (TPSA) is 12.9 Å². The number of hydrogen-bond donors (Lipinski definition) is 0. The van der Waals surface area contributed by atoms with E-state index in [1.165, 1.54) is 65.7 Å². The highest BCUT2D eigenvalue weighted by atomic mass is 14.6. The first kappa shape index (κ1) is 26.9. The van der Waals surface area contributed by atoms with Crippen LogP contribution in [-0.4, -0.2) is 4.98 Å². The summed E-state index contributed by atoms with van der Waals surface area (Å²) >= 11 is 0. The molecule has 1 aliphatic rings. The lowest BCUT2D eigenvalue weighted by molar-refractivity contribution is 0.870. The molecule has 1 heterocycles. The van der Waals surface area contributed by atoms with E-state index in [9.17, 15) is 0 Å². The van der Waals surface area contributed by atoms with Crippen molar-refractivity contribution in [3.63, 3.8) is 0 Å². The molecule has 1 atom stereocenters. The highest BCUT2D eigenvalue weighted by Crippen LogP contribution is 2.46. The van der Waals surface area contributed by atoms with Crippen LogP contribution in [0.5, 0.6) is 0 Å². The summed E-state index contributed by atoms with van der Waals surface area (Å²) < 4.78 is 0. The van der Waals surface area contributed by atoms with Crippen molar-refractivity contribution in [3.05, 3.63) is 157 Å². The molecular weight excluding hydrogens is 518 g/mol. The maximum absolute atomic E-state index is 4.59. The summed E-state index contributed by atoms with van der Waals surface area (Å²) in [5.74, 6) is 0.361. The highest BCUT2D eigenvalue weighted by molar-refractivity contribution is 6.20. The summed E-state index contributed by atoms with van der Waals surface area (Å²) in [5.41, 5.74) is 8.80. The van der Waals surface area contributed by atoms with Crippen molar-refractivity contribution in [1.82, 2.24) is 4.98 Å². The predicted molar refractivity (Wildman–Crippen MR) is 186 cm³/mol. The summed E-state index contributed by atoms with van der Waals surface area (Å²) in [6.45, 7) is 4.27. The third-order valence-electron chi connectivity index (χ3n) is 8.71. The van der Waals surface area contributed by atoms with Crippen LogP contribution in [0, 0.1) is 0 Å². The standard InChI is InChI=1S/C42H35N/c1-3-14-29(15-4-2)31-26-27-43-28-40(31)34-24-25-39(33-19-9-8-18-32(33)34)42-37-22-12-10-20-35(37)41(30-16-6-5-7-17-30)36-21-11-13-23-38(36)42/h3,5-16,18-28,30H,4,17H2,1-2H3/b14-3-,29-15+. The van der Waals surface area contributed by atoms with Gasteiger partial charge >= 0.3 is 0 Å². The van der Waals surface area contributed by atoms with Gasteiger partial charge in [0, 0.05) is 23.9 Å². The van der Waals surface area contributed by atoms with Crippen molar-refractivity contribution >= 4 is 37.9 Å². The van der Waals surface area contributed by atoms with Gasteiger partial charge in [-0.15, -0.1) is 0 Å². The minimum absolute atomic E-state index is 0.361. The Morgan fingerprint density at radius 1 is 0.721 bits per heavy atom. The minimum atomic E-state index is 0.361. The Labute approximate surface area is 254 Å². The quantitative estimate of drug-likeness (QED) is 0.148. The van der Waals surface area contributed by atoms with Gasteiger partial charge < -0.3 is 0 Å². The number of aromatic nitrogens is 1.